The monoisotopic (exact) mass is 390 g/mol. The van der Waals surface area contributed by atoms with Gasteiger partial charge in [-0.05, 0) is 38.7 Å². The number of hydrogen-bond acceptors (Lipinski definition) is 4. The molecule has 146 valence electrons. The fourth-order valence-corrected chi connectivity index (χ4v) is 6.79. The van der Waals surface area contributed by atoms with Crippen LogP contribution in [0.1, 0.15) is 55.2 Å². The van der Waals surface area contributed by atoms with E-state index in [-0.39, 0.29) is 23.4 Å². The molecule has 2 bridgehead atoms. The summed E-state index contributed by atoms with van der Waals surface area (Å²) < 4.78 is 30.3. The van der Waals surface area contributed by atoms with Crippen LogP contribution in [-0.2, 0) is 10.0 Å². The number of nitrogens with zero attached hydrogens (tertiary/aromatic N) is 3. The molecule has 2 aliphatic rings. The van der Waals surface area contributed by atoms with Crippen molar-refractivity contribution in [1.82, 2.24) is 19.1 Å². The number of H-pyrrole nitrogens is 1. The number of fused-ring (bicyclic) bond motifs is 4. The maximum atomic E-state index is 13.4. The van der Waals surface area contributed by atoms with Crippen molar-refractivity contribution in [3.8, 4) is 0 Å². The summed E-state index contributed by atoms with van der Waals surface area (Å²) in [5.41, 5.74) is 2.08. The predicted molar refractivity (Wildman–Crippen MR) is 102 cm³/mol. The number of rotatable bonds is 4. The molecule has 0 unspecified atom stereocenters. The molecule has 7 nitrogen and oxygen atoms in total. The van der Waals surface area contributed by atoms with Crippen LogP contribution in [0.4, 0.5) is 0 Å². The summed E-state index contributed by atoms with van der Waals surface area (Å²) in [6.45, 7) is 6.43. The molecule has 0 spiro atoms. The van der Waals surface area contributed by atoms with Crippen molar-refractivity contribution in [2.45, 2.75) is 56.9 Å². The molecule has 0 aromatic carbocycles. The summed E-state index contributed by atoms with van der Waals surface area (Å²) in [5.74, 6) is 0.201. The Labute approximate surface area is 159 Å². The third kappa shape index (κ3) is 2.86. The molecular weight excluding hydrogens is 364 g/mol. The van der Waals surface area contributed by atoms with Crippen molar-refractivity contribution in [2.75, 3.05) is 13.1 Å². The first kappa shape index (κ1) is 18.4. The summed E-state index contributed by atoms with van der Waals surface area (Å²) in [4.78, 5) is 12.8. The Bertz CT molecular complexity index is 1000. The van der Waals surface area contributed by atoms with Gasteiger partial charge in [0.05, 0.1) is 11.4 Å². The highest BCUT2D eigenvalue weighted by molar-refractivity contribution is 7.89. The molecule has 0 aliphatic carbocycles. The number of aromatic amines is 1. The van der Waals surface area contributed by atoms with Gasteiger partial charge < -0.3 is 4.57 Å². The molecule has 1 saturated heterocycles. The zero-order valence-electron chi connectivity index (χ0n) is 16.0. The SMILES string of the molecule is CCC[C@H]1[C@H]2C[C@H](CN(S(=O)(=O)c3c(C)n[nH]c3C)C2)c2cccc(=O)n21. The van der Waals surface area contributed by atoms with Crippen LogP contribution in [0.2, 0.25) is 0 Å². The van der Waals surface area contributed by atoms with E-state index < -0.39 is 10.0 Å². The first-order valence-electron chi connectivity index (χ1n) is 9.57. The minimum Gasteiger partial charge on any atom is -0.309 e. The number of nitrogens with one attached hydrogen (secondary N) is 1. The van der Waals surface area contributed by atoms with Gasteiger partial charge in [-0.2, -0.15) is 9.40 Å². The first-order valence-corrected chi connectivity index (χ1v) is 11.0. The molecule has 0 amide bonds. The largest absolute Gasteiger partial charge is 0.309 e. The fraction of sp³-hybridized carbons (Fsp3) is 0.579. The van der Waals surface area contributed by atoms with Gasteiger partial charge in [-0.3, -0.25) is 9.89 Å². The van der Waals surface area contributed by atoms with E-state index in [0.29, 0.717) is 29.4 Å². The van der Waals surface area contributed by atoms with Gasteiger partial charge in [0.2, 0.25) is 10.0 Å². The van der Waals surface area contributed by atoms with Crippen molar-refractivity contribution in [3.63, 3.8) is 0 Å². The first-order chi connectivity index (χ1) is 12.8. The Balaban J connectivity index is 1.77. The highest BCUT2D eigenvalue weighted by Gasteiger charge is 2.44. The summed E-state index contributed by atoms with van der Waals surface area (Å²) in [6, 6.07) is 5.43. The van der Waals surface area contributed by atoms with Crippen LogP contribution in [-0.4, -0.2) is 40.6 Å². The summed E-state index contributed by atoms with van der Waals surface area (Å²) in [5, 5.41) is 6.85. The van der Waals surface area contributed by atoms with Gasteiger partial charge in [0.25, 0.3) is 5.56 Å². The topological polar surface area (TPSA) is 88.1 Å². The second-order valence-electron chi connectivity index (χ2n) is 7.79. The van der Waals surface area contributed by atoms with Crippen LogP contribution in [0.15, 0.2) is 27.9 Å². The Morgan fingerprint density at radius 3 is 2.70 bits per heavy atom. The van der Waals surface area contributed by atoms with Crippen molar-refractivity contribution < 1.29 is 8.42 Å². The molecule has 1 fully saturated rings. The van der Waals surface area contributed by atoms with E-state index in [4.69, 9.17) is 0 Å². The molecule has 2 aliphatic heterocycles. The fourth-order valence-electron chi connectivity index (χ4n) is 4.91. The Hall–Kier alpha value is -1.93. The summed E-state index contributed by atoms with van der Waals surface area (Å²) in [7, 11) is -3.62. The van der Waals surface area contributed by atoms with E-state index in [2.05, 4.69) is 17.1 Å². The highest BCUT2D eigenvalue weighted by Crippen LogP contribution is 2.44. The van der Waals surface area contributed by atoms with Gasteiger partial charge in [0, 0.05) is 36.8 Å². The number of piperidine rings is 1. The van der Waals surface area contributed by atoms with Crippen molar-refractivity contribution in [2.24, 2.45) is 5.92 Å². The molecule has 4 rings (SSSR count). The molecule has 4 heterocycles. The minimum absolute atomic E-state index is 0.0264. The van der Waals surface area contributed by atoms with Crippen LogP contribution in [0.3, 0.4) is 0 Å². The average Bonchev–Trinajstić information content (AvgIpc) is 2.98. The molecule has 8 heteroatoms. The van der Waals surface area contributed by atoms with Crippen LogP contribution in [0.5, 0.6) is 0 Å². The van der Waals surface area contributed by atoms with Crippen molar-refractivity contribution in [1.29, 1.82) is 0 Å². The lowest BCUT2D eigenvalue weighted by Gasteiger charge is -2.46. The van der Waals surface area contributed by atoms with Crippen molar-refractivity contribution >= 4 is 10.0 Å². The molecule has 3 atom stereocenters. The van der Waals surface area contributed by atoms with E-state index in [9.17, 15) is 13.2 Å². The number of aryl methyl sites for hydroxylation is 2. The predicted octanol–water partition coefficient (Wildman–Crippen LogP) is 2.34. The highest BCUT2D eigenvalue weighted by atomic mass is 32.2. The van der Waals surface area contributed by atoms with E-state index in [1.54, 1.807) is 30.3 Å². The molecule has 0 radical (unpaired) electrons. The molecule has 0 saturated carbocycles. The van der Waals surface area contributed by atoms with Gasteiger partial charge in [0.1, 0.15) is 4.90 Å². The molecule has 2 aromatic rings. The third-order valence-corrected chi connectivity index (χ3v) is 8.10. The van der Waals surface area contributed by atoms with Gasteiger partial charge in [-0.1, -0.05) is 19.4 Å². The summed E-state index contributed by atoms with van der Waals surface area (Å²) in [6.07, 6.45) is 2.77. The maximum absolute atomic E-state index is 13.4. The Kier molecular flexibility index (Phi) is 4.50. The second-order valence-corrected chi connectivity index (χ2v) is 9.67. The van der Waals surface area contributed by atoms with Gasteiger partial charge >= 0.3 is 0 Å². The number of aromatic nitrogens is 3. The van der Waals surface area contributed by atoms with E-state index in [0.717, 1.165) is 25.0 Å². The van der Waals surface area contributed by atoms with Crippen LogP contribution in [0.25, 0.3) is 0 Å². The molecule has 2 aromatic heterocycles. The lowest BCUT2D eigenvalue weighted by atomic mass is 9.78. The number of hydrogen-bond donors (Lipinski definition) is 1. The van der Waals surface area contributed by atoms with E-state index >= 15 is 0 Å². The maximum Gasteiger partial charge on any atom is 0.250 e. The third-order valence-electron chi connectivity index (χ3n) is 6.01. The molecule has 1 N–H and O–H groups in total. The van der Waals surface area contributed by atoms with Crippen LogP contribution >= 0.6 is 0 Å². The van der Waals surface area contributed by atoms with Gasteiger partial charge in [-0.15, -0.1) is 0 Å². The number of sulfonamides is 1. The number of pyridine rings is 1. The van der Waals surface area contributed by atoms with Crippen LogP contribution in [0, 0.1) is 19.8 Å². The Morgan fingerprint density at radius 2 is 2.04 bits per heavy atom. The van der Waals surface area contributed by atoms with Gasteiger partial charge in [-0.25, -0.2) is 8.42 Å². The van der Waals surface area contributed by atoms with E-state index in [1.165, 1.54) is 0 Å². The normalized spacial score (nSPS) is 25.4. The summed E-state index contributed by atoms with van der Waals surface area (Å²) >= 11 is 0. The Morgan fingerprint density at radius 1 is 1.26 bits per heavy atom. The second kappa shape index (κ2) is 6.60. The van der Waals surface area contributed by atoms with Gasteiger partial charge in [0.15, 0.2) is 0 Å². The standard InChI is InChI=1S/C19H26N4O3S/c1-4-6-16-14-9-15(17-7-5-8-18(24)23(16)17)11-22(10-14)27(25,26)19-12(2)20-21-13(19)3/h5,7-8,14-16H,4,6,9-11H2,1-3H3,(H,20,21)/t14-,15+,16-/m0/s1. The average molecular weight is 391 g/mol. The zero-order valence-corrected chi connectivity index (χ0v) is 16.8. The smallest absolute Gasteiger partial charge is 0.250 e. The van der Waals surface area contributed by atoms with Crippen LogP contribution < -0.4 is 5.56 Å². The quantitative estimate of drug-likeness (QED) is 0.868. The van der Waals surface area contributed by atoms with Crippen molar-refractivity contribution in [3.05, 3.63) is 45.6 Å². The zero-order chi connectivity index (χ0) is 19.3. The lowest BCUT2D eigenvalue weighted by molar-refractivity contribution is 0.136. The molecular formula is C19H26N4O3S. The minimum atomic E-state index is -3.62. The van der Waals surface area contributed by atoms with E-state index in [1.807, 2.05) is 10.6 Å². The lowest BCUT2D eigenvalue weighted by Crippen LogP contribution is -2.51. The molecule has 27 heavy (non-hydrogen) atoms.